The molecule has 0 aliphatic carbocycles. The van der Waals surface area contributed by atoms with Crippen LogP contribution in [0.4, 0.5) is 0 Å². The van der Waals surface area contributed by atoms with Gasteiger partial charge in [-0.3, -0.25) is 4.68 Å². The van der Waals surface area contributed by atoms with Gasteiger partial charge in [-0.2, -0.15) is 5.10 Å². The lowest BCUT2D eigenvalue weighted by Gasteiger charge is -2.10. The summed E-state index contributed by atoms with van der Waals surface area (Å²) in [6.45, 7) is 0. The highest BCUT2D eigenvalue weighted by molar-refractivity contribution is 5.77. The van der Waals surface area contributed by atoms with Gasteiger partial charge in [0.1, 0.15) is 6.04 Å². The fourth-order valence-electron chi connectivity index (χ4n) is 1.13. The van der Waals surface area contributed by atoms with Crippen molar-refractivity contribution in [3.8, 4) is 0 Å². The molecule has 0 radical (unpaired) electrons. The van der Waals surface area contributed by atoms with Gasteiger partial charge in [-0.25, -0.2) is 4.79 Å². The first-order valence-corrected chi connectivity index (χ1v) is 3.92. The maximum Gasteiger partial charge on any atom is 0.327 e. The molecule has 0 aromatic carbocycles. The average Bonchev–Trinajstić information content (AvgIpc) is 2.53. The topological polar surface area (TPSA) is 56.1 Å². The maximum absolute atomic E-state index is 11.2. The van der Waals surface area contributed by atoms with E-state index in [0.717, 1.165) is 5.56 Å². The molecule has 72 valence electrons. The first-order valence-electron chi connectivity index (χ1n) is 3.92. The van der Waals surface area contributed by atoms with E-state index in [2.05, 4.69) is 15.2 Å². The van der Waals surface area contributed by atoms with Crippen LogP contribution in [0.15, 0.2) is 12.4 Å². The molecule has 0 spiro atoms. The number of nitrogens with one attached hydrogen (secondary N) is 1. The molecule has 1 atom stereocenters. The molecule has 0 amide bonds. The number of aryl methyl sites for hydroxylation is 1. The Balaban J connectivity index is 2.84. The summed E-state index contributed by atoms with van der Waals surface area (Å²) in [5.41, 5.74) is 0.803. The summed E-state index contributed by atoms with van der Waals surface area (Å²) in [4.78, 5) is 11.2. The van der Waals surface area contributed by atoms with E-state index in [-0.39, 0.29) is 5.97 Å². The van der Waals surface area contributed by atoms with Gasteiger partial charge in [-0.15, -0.1) is 0 Å². The van der Waals surface area contributed by atoms with Crippen LogP contribution in [0.3, 0.4) is 0 Å². The van der Waals surface area contributed by atoms with Crippen molar-refractivity contribution in [3.05, 3.63) is 18.0 Å². The summed E-state index contributed by atoms with van der Waals surface area (Å²) in [5, 5.41) is 6.83. The summed E-state index contributed by atoms with van der Waals surface area (Å²) in [5.74, 6) is -0.310. The molecule has 0 aliphatic rings. The molecule has 1 aromatic rings. The van der Waals surface area contributed by atoms with Gasteiger partial charge in [0.05, 0.1) is 13.3 Å². The molecule has 0 fully saturated rings. The molecule has 5 heteroatoms. The molecule has 1 aromatic heterocycles. The zero-order valence-electron chi connectivity index (χ0n) is 7.94. The van der Waals surface area contributed by atoms with Crippen LogP contribution in [0, 0.1) is 0 Å². The van der Waals surface area contributed by atoms with Crippen LogP contribution in [0.2, 0.25) is 0 Å². The Kier molecular flexibility index (Phi) is 3.02. The molecule has 1 N–H and O–H groups in total. The van der Waals surface area contributed by atoms with E-state index in [4.69, 9.17) is 0 Å². The van der Waals surface area contributed by atoms with E-state index in [1.165, 1.54) is 7.11 Å². The lowest BCUT2D eigenvalue weighted by atomic mass is 10.2. The van der Waals surface area contributed by atoms with Crippen LogP contribution in [0.1, 0.15) is 11.6 Å². The molecule has 1 rings (SSSR count). The van der Waals surface area contributed by atoms with Gasteiger partial charge in [-0.05, 0) is 7.05 Å². The van der Waals surface area contributed by atoms with Crippen molar-refractivity contribution in [2.24, 2.45) is 7.05 Å². The Bertz CT molecular complexity index is 295. The lowest BCUT2D eigenvalue weighted by molar-refractivity contribution is -0.143. The minimum absolute atomic E-state index is 0.310. The number of carbonyl (C=O) groups is 1. The molecular weight excluding hydrogens is 170 g/mol. The number of ether oxygens (including phenoxy) is 1. The Morgan fingerprint density at radius 1 is 1.77 bits per heavy atom. The second-order valence-corrected chi connectivity index (χ2v) is 2.69. The zero-order chi connectivity index (χ0) is 9.84. The highest BCUT2D eigenvalue weighted by atomic mass is 16.5. The first-order chi connectivity index (χ1) is 6.19. The minimum Gasteiger partial charge on any atom is -0.468 e. The molecule has 13 heavy (non-hydrogen) atoms. The number of esters is 1. The number of hydrogen-bond acceptors (Lipinski definition) is 4. The smallest absolute Gasteiger partial charge is 0.327 e. The monoisotopic (exact) mass is 183 g/mol. The minimum atomic E-state index is -0.432. The summed E-state index contributed by atoms with van der Waals surface area (Å²) >= 11 is 0. The summed E-state index contributed by atoms with van der Waals surface area (Å²) in [6, 6.07) is -0.432. The van der Waals surface area contributed by atoms with Gasteiger partial charge in [-0.1, -0.05) is 0 Å². The van der Waals surface area contributed by atoms with E-state index in [1.54, 1.807) is 31.2 Å². The summed E-state index contributed by atoms with van der Waals surface area (Å²) < 4.78 is 6.27. The summed E-state index contributed by atoms with van der Waals surface area (Å²) in [6.07, 6.45) is 3.41. The van der Waals surface area contributed by atoms with Crippen molar-refractivity contribution < 1.29 is 9.53 Å². The molecule has 1 heterocycles. The van der Waals surface area contributed by atoms with Gasteiger partial charge >= 0.3 is 5.97 Å². The third kappa shape index (κ3) is 2.06. The SMILES string of the molecule is CN[C@H](C(=O)OC)c1cnn(C)c1. The normalized spacial score (nSPS) is 12.5. The number of hydrogen-bond donors (Lipinski definition) is 1. The first kappa shape index (κ1) is 9.73. The predicted molar refractivity (Wildman–Crippen MR) is 47.0 cm³/mol. The van der Waals surface area contributed by atoms with Gasteiger partial charge in [0.25, 0.3) is 0 Å². The standard InChI is InChI=1S/C8H13N3O2/c1-9-7(8(12)13-3)6-4-10-11(2)5-6/h4-5,7,9H,1-3H3/t7-/m0/s1. The van der Waals surface area contributed by atoms with E-state index >= 15 is 0 Å². The Morgan fingerprint density at radius 3 is 2.85 bits per heavy atom. The fraction of sp³-hybridized carbons (Fsp3) is 0.500. The number of nitrogens with zero attached hydrogens (tertiary/aromatic N) is 2. The van der Waals surface area contributed by atoms with E-state index in [9.17, 15) is 4.79 Å². The highest BCUT2D eigenvalue weighted by Gasteiger charge is 2.20. The van der Waals surface area contributed by atoms with Crippen molar-refractivity contribution in [1.29, 1.82) is 0 Å². The molecule has 0 aliphatic heterocycles. The van der Waals surface area contributed by atoms with Crippen molar-refractivity contribution in [2.75, 3.05) is 14.2 Å². The van der Waals surface area contributed by atoms with Gasteiger partial charge in [0.15, 0.2) is 0 Å². The Labute approximate surface area is 76.7 Å². The quantitative estimate of drug-likeness (QED) is 0.662. The Hall–Kier alpha value is -1.36. The largest absolute Gasteiger partial charge is 0.468 e. The Morgan fingerprint density at radius 2 is 2.46 bits per heavy atom. The van der Waals surface area contributed by atoms with Crippen molar-refractivity contribution in [1.82, 2.24) is 15.1 Å². The molecule has 0 unspecified atom stereocenters. The highest BCUT2D eigenvalue weighted by Crippen LogP contribution is 2.11. The molecular formula is C8H13N3O2. The molecule has 0 saturated heterocycles. The van der Waals surface area contributed by atoms with Gasteiger partial charge in [0, 0.05) is 18.8 Å². The molecule has 5 nitrogen and oxygen atoms in total. The average molecular weight is 183 g/mol. The van der Waals surface area contributed by atoms with Crippen LogP contribution in [0.25, 0.3) is 0 Å². The third-order valence-corrected chi connectivity index (χ3v) is 1.78. The number of methoxy groups -OCH3 is 1. The van der Waals surface area contributed by atoms with Crippen LogP contribution in [-0.2, 0) is 16.6 Å². The number of aromatic nitrogens is 2. The second-order valence-electron chi connectivity index (χ2n) is 2.69. The van der Waals surface area contributed by atoms with Crippen LogP contribution in [-0.4, -0.2) is 29.9 Å². The van der Waals surface area contributed by atoms with E-state index < -0.39 is 6.04 Å². The van der Waals surface area contributed by atoms with Gasteiger partial charge < -0.3 is 10.1 Å². The van der Waals surface area contributed by atoms with Crippen LogP contribution in [0.5, 0.6) is 0 Å². The van der Waals surface area contributed by atoms with Crippen molar-refractivity contribution >= 4 is 5.97 Å². The van der Waals surface area contributed by atoms with E-state index in [0.29, 0.717) is 0 Å². The fourth-order valence-corrected chi connectivity index (χ4v) is 1.13. The predicted octanol–water partition coefficient (Wildman–Crippen LogP) is -0.146. The maximum atomic E-state index is 11.2. The van der Waals surface area contributed by atoms with E-state index in [1.807, 2.05) is 0 Å². The lowest BCUT2D eigenvalue weighted by Crippen LogP contribution is -2.26. The third-order valence-electron chi connectivity index (χ3n) is 1.78. The zero-order valence-corrected chi connectivity index (χ0v) is 7.94. The van der Waals surface area contributed by atoms with Crippen molar-refractivity contribution in [3.63, 3.8) is 0 Å². The number of likely N-dealkylation sites (N-methyl/N-ethyl adjacent to an activating group) is 1. The van der Waals surface area contributed by atoms with Crippen LogP contribution >= 0.6 is 0 Å². The van der Waals surface area contributed by atoms with Crippen LogP contribution < -0.4 is 5.32 Å². The molecule has 0 bridgehead atoms. The number of rotatable bonds is 3. The molecule has 0 saturated carbocycles. The summed E-state index contributed by atoms with van der Waals surface area (Å²) in [7, 11) is 4.87. The van der Waals surface area contributed by atoms with Gasteiger partial charge in [0.2, 0.25) is 0 Å². The van der Waals surface area contributed by atoms with Crippen molar-refractivity contribution in [2.45, 2.75) is 6.04 Å². The second kappa shape index (κ2) is 4.04. The number of carbonyl (C=O) groups excluding carboxylic acids is 1.